The first kappa shape index (κ1) is 16.8. The highest BCUT2D eigenvalue weighted by molar-refractivity contribution is 8.00. The van der Waals surface area contributed by atoms with E-state index < -0.39 is 17.9 Å². The van der Waals surface area contributed by atoms with Crippen molar-refractivity contribution in [1.29, 1.82) is 0 Å². The predicted octanol–water partition coefficient (Wildman–Crippen LogP) is -0.693. The van der Waals surface area contributed by atoms with Crippen LogP contribution >= 0.6 is 11.8 Å². The van der Waals surface area contributed by atoms with Crippen LogP contribution in [0.1, 0.15) is 25.7 Å². The van der Waals surface area contributed by atoms with Crippen LogP contribution in [0.3, 0.4) is 0 Å². The Morgan fingerprint density at radius 1 is 1.35 bits per heavy atom. The maximum atomic E-state index is 11.7. The molecule has 0 radical (unpaired) electrons. The maximum absolute atomic E-state index is 11.7. The van der Waals surface area contributed by atoms with Crippen molar-refractivity contribution in [3.63, 3.8) is 0 Å². The van der Waals surface area contributed by atoms with E-state index in [0.717, 1.165) is 25.9 Å². The normalized spacial score (nSPS) is 17.4. The number of hydrogen-bond donors (Lipinski definition) is 4. The number of primary amides is 1. The molecule has 1 heterocycles. The van der Waals surface area contributed by atoms with E-state index in [0.29, 0.717) is 5.25 Å². The molecule has 0 aromatic heterocycles. The molecule has 0 saturated carbocycles. The third-order valence-corrected chi connectivity index (χ3v) is 4.42. The second kappa shape index (κ2) is 8.80. The Morgan fingerprint density at radius 3 is 2.55 bits per heavy atom. The van der Waals surface area contributed by atoms with Gasteiger partial charge in [-0.15, -0.1) is 11.8 Å². The van der Waals surface area contributed by atoms with Crippen molar-refractivity contribution in [2.24, 2.45) is 5.73 Å². The van der Waals surface area contributed by atoms with E-state index in [1.807, 2.05) is 0 Å². The monoisotopic (exact) mass is 303 g/mol. The summed E-state index contributed by atoms with van der Waals surface area (Å²) in [6, 6.07) is -1.05. The van der Waals surface area contributed by atoms with Crippen LogP contribution in [-0.4, -0.2) is 53.0 Å². The van der Waals surface area contributed by atoms with Gasteiger partial charge in [0.05, 0.1) is 5.75 Å². The van der Waals surface area contributed by atoms with Crippen LogP contribution in [0.5, 0.6) is 0 Å². The summed E-state index contributed by atoms with van der Waals surface area (Å²) in [4.78, 5) is 33.3. The highest BCUT2D eigenvalue weighted by Gasteiger charge is 2.21. The Morgan fingerprint density at radius 2 is 2.00 bits per heavy atom. The molecule has 0 aromatic rings. The molecule has 1 aliphatic heterocycles. The van der Waals surface area contributed by atoms with Crippen LogP contribution in [0.25, 0.3) is 0 Å². The minimum atomic E-state index is -1.15. The Hall–Kier alpha value is -1.28. The number of nitrogens with one attached hydrogen (secondary N) is 2. The molecule has 1 aliphatic rings. The zero-order valence-electron chi connectivity index (χ0n) is 11.3. The largest absolute Gasteiger partial charge is 0.480 e. The molecule has 1 saturated heterocycles. The van der Waals surface area contributed by atoms with Gasteiger partial charge in [-0.25, -0.2) is 4.79 Å². The van der Waals surface area contributed by atoms with Crippen LogP contribution in [0.4, 0.5) is 0 Å². The van der Waals surface area contributed by atoms with Gasteiger partial charge in [0, 0.05) is 11.7 Å². The first-order chi connectivity index (χ1) is 9.49. The molecule has 0 aromatic carbocycles. The summed E-state index contributed by atoms with van der Waals surface area (Å²) in [6.07, 6.45) is 2.00. The summed E-state index contributed by atoms with van der Waals surface area (Å²) in [7, 11) is 0. The van der Waals surface area contributed by atoms with Gasteiger partial charge in [-0.2, -0.15) is 0 Å². The first-order valence-electron chi connectivity index (χ1n) is 6.62. The van der Waals surface area contributed by atoms with Gasteiger partial charge >= 0.3 is 5.97 Å². The van der Waals surface area contributed by atoms with E-state index >= 15 is 0 Å². The molecule has 2 amide bonds. The molecule has 0 aliphatic carbocycles. The van der Waals surface area contributed by atoms with Gasteiger partial charge in [-0.3, -0.25) is 9.59 Å². The van der Waals surface area contributed by atoms with E-state index in [2.05, 4.69) is 10.6 Å². The third kappa shape index (κ3) is 6.76. The fraction of sp³-hybridized carbons (Fsp3) is 0.750. The Kier molecular flexibility index (Phi) is 7.38. The number of carbonyl (C=O) groups excluding carboxylic acids is 2. The summed E-state index contributed by atoms with van der Waals surface area (Å²) in [5, 5.41) is 15.1. The number of carbonyl (C=O) groups is 3. The lowest BCUT2D eigenvalue weighted by Gasteiger charge is -2.22. The Bertz CT molecular complexity index is 359. The van der Waals surface area contributed by atoms with E-state index in [-0.39, 0.29) is 24.5 Å². The Balaban J connectivity index is 2.29. The molecule has 1 rings (SSSR count). The zero-order chi connectivity index (χ0) is 15.0. The molecule has 20 heavy (non-hydrogen) atoms. The third-order valence-electron chi connectivity index (χ3n) is 3.05. The van der Waals surface area contributed by atoms with Gasteiger partial charge in [-0.05, 0) is 32.4 Å². The summed E-state index contributed by atoms with van der Waals surface area (Å²) in [6.45, 7) is 1.91. The van der Waals surface area contributed by atoms with Crippen molar-refractivity contribution in [2.45, 2.75) is 37.0 Å². The fourth-order valence-electron chi connectivity index (χ4n) is 1.94. The van der Waals surface area contributed by atoms with Crippen molar-refractivity contribution < 1.29 is 19.5 Å². The molecule has 0 spiro atoms. The molecule has 1 fully saturated rings. The molecule has 5 N–H and O–H groups in total. The SMILES string of the molecule is NC(=O)CC[C@H](NC(=O)CSC1CCNCC1)C(=O)O. The van der Waals surface area contributed by atoms with Gasteiger partial charge in [0.25, 0.3) is 0 Å². The Labute approximate surface area is 122 Å². The van der Waals surface area contributed by atoms with Gasteiger partial charge in [0.15, 0.2) is 0 Å². The molecule has 0 unspecified atom stereocenters. The van der Waals surface area contributed by atoms with Crippen molar-refractivity contribution >= 4 is 29.5 Å². The number of carboxylic acids is 1. The summed E-state index contributed by atoms with van der Waals surface area (Å²) in [5.41, 5.74) is 4.97. The number of aliphatic carboxylic acids is 1. The van der Waals surface area contributed by atoms with Crippen molar-refractivity contribution in [1.82, 2.24) is 10.6 Å². The molecular weight excluding hydrogens is 282 g/mol. The number of piperidine rings is 1. The summed E-state index contributed by atoms with van der Waals surface area (Å²) in [5.74, 6) is -1.79. The molecule has 114 valence electrons. The standard InChI is InChI=1S/C12H21N3O4S/c13-10(16)2-1-9(12(18)19)15-11(17)7-20-8-3-5-14-6-4-8/h8-9,14H,1-7H2,(H2,13,16)(H,15,17)(H,18,19)/t9-/m0/s1. The molecule has 0 bridgehead atoms. The first-order valence-corrected chi connectivity index (χ1v) is 7.66. The lowest BCUT2D eigenvalue weighted by molar-refractivity contribution is -0.141. The van der Waals surface area contributed by atoms with E-state index in [1.54, 1.807) is 11.8 Å². The zero-order valence-corrected chi connectivity index (χ0v) is 12.1. The fourth-order valence-corrected chi connectivity index (χ4v) is 2.98. The number of amides is 2. The van der Waals surface area contributed by atoms with Crippen molar-refractivity contribution in [3.8, 4) is 0 Å². The van der Waals surface area contributed by atoms with Crippen LogP contribution in [0.15, 0.2) is 0 Å². The quantitative estimate of drug-likeness (QED) is 0.471. The average Bonchev–Trinajstić information content (AvgIpc) is 2.41. The second-order valence-corrected chi connectivity index (χ2v) is 6.01. The average molecular weight is 303 g/mol. The summed E-state index contributed by atoms with van der Waals surface area (Å²) < 4.78 is 0. The predicted molar refractivity (Wildman–Crippen MR) is 76.3 cm³/mol. The second-order valence-electron chi connectivity index (χ2n) is 4.72. The van der Waals surface area contributed by atoms with Crippen LogP contribution in [-0.2, 0) is 14.4 Å². The van der Waals surface area contributed by atoms with Crippen LogP contribution in [0, 0.1) is 0 Å². The number of nitrogens with two attached hydrogens (primary N) is 1. The van der Waals surface area contributed by atoms with Crippen molar-refractivity contribution in [2.75, 3.05) is 18.8 Å². The maximum Gasteiger partial charge on any atom is 0.326 e. The highest BCUT2D eigenvalue weighted by Crippen LogP contribution is 2.19. The molecule has 1 atom stereocenters. The molecule has 7 nitrogen and oxygen atoms in total. The smallest absolute Gasteiger partial charge is 0.326 e. The van der Waals surface area contributed by atoms with Gasteiger partial charge in [-0.1, -0.05) is 0 Å². The number of hydrogen-bond acceptors (Lipinski definition) is 5. The van der Waals surface area contributed by atoms with Crippen LogP contribution in [0.2, 0.25) is 0 Å². The number of rotatable bonds is 8. The molecule has 8 heteroatoms. The molecular formula is C12H21N3O4S. The lowest BCUT2D eigenvalue weighted by Crippen LogP contribution is -2.42. The summed E-state index contributed by atoms with van der Waals surface area (Å²) >= 11 is 1.55. The van der Waals surface area contributed by atoms with Crippen molar-refractivity contribution in [3.05, 3.63) is 0 Å². The van der Waals surface area contributed by atoms with E-state index in [1.165, 1.54) is 0 Å². The van der Waals surface area contributed by atoms with Gasteiger partial charge in [0.1, 0.15) is 6.04 Å². The lowest BCUT2D eigenvalue weighted by atomic mass is 10.1. The van der Waals surface area contributed by atoms with Gasteiger partial charge in [0.2, 0.25) is 11.8 Å². The number of thioether (sulfide) groups is 1. The van der Waals surface area contributed by atoms with E-state index in [4.69, 9.17) is 10.8 Å². The number of carboxylic acid groups (broad SMARTS) is 1. The minimum Gasteiger partial charge on any atom is -0.480 e. The van der Waals surface area contributed by atoms with E-state index in [9.17, 15) is 14.4 Å². The van der Waals surface area contributed by atoms with Gasteiger partial charge < -0.3 is 21.5 Å². The topological polar surface area (TPSA) is 122 Å². The van der Waals surface area contributed by atoms with Crippen LogP contribution < -0.4 is 16.4 Å². The highest BCUT2D eigenvalue weighted by atomic mass is 32.2. The minimum absolute atomic E-state index is 0.0222.